The Morgan fingerprint density at radius 2 is 2.11 bits per heavy atom. The average molecular weight is 540 g/mol. The third-order valence-electron chi connectivity index (χ3n) is 5.20. The minimum atomic E-state index is -1.49. The first kappa shape index (κ1) is 25.4. The van der Waals surface area contributed by atoms with Crippen molar-refractivity contribution in [3.63, 3.8) is 0 Å². The number of β-lactam (4-membered cyclic amide) rings is 1. The number of carboxylic acids is 1. The number of carbonyl (C=O) groups is 3. The van der Waals surface area contributed by atoms with Gasteiger partial charge in [-0.15, -0.1) is 34.4 Å². The summed E-state index contributed by atoms with van der Waals surface area (Å²) in [4.78, 5) is 47.3. The molecule has 0 aromatic carbocycles. The molecule has 5 rings (SSSR count). The fourth-order valence-electron chi connectivity index (χ4n) is 3.63. The van der Waals surface area contributed by atoms with Crippen molar-refractivity contribution in [1.29, 1.82) is 0 Å². The molecular weight excluding hydrogens is 525 g/mol. The molecule has 1 fully saturated rings. The molecule has 2 amide bonds. The van der Waals surface area contributed by atoms with Crippen molar-refractivity contribution in [2.24, 2.45) is 5.16 Å². The number of nitrogens with two attached hydrogens (primary N) is 1. The number of amides is 2. The number of oxime groups is 1. The zero-order chi connectivity index (χ0) is 24.0. The minimum Gasteiger partial charge on any atom is -0.543 e. The van der Waals surface area contributed by atoms with E-state index in [-0.39, 0.29) is 51.8 Å². The van der Waals surface area contributed by atoms with Crippen molar-refractivity contribution in [3.05, 3.63) is 52.0 Å². The first-order chi connectivity index (χ1) is 16.4. The monoisotopic (exact) mass is 539 g/mol. The van der Waals surface area contributed by atoms with Crippen LogP contribution in [0.15, 0.2) is 45.8 Å². The first-order valence-corrected chi connectivity index (χ1v) is 12.4. The summed E-state index contributed by atoms with van der Waals surface area (Å²) in [5, 5.41) is 29.5. The molecule has 2 atom stereocenters. The van der Waals surface area contributed by atoms with Crippen LogP contribution >= 0.6 is 34.4 Å². The number of hydrogen-bond acceptors (Lipinski definition) is 12. The number of rotatable bonds is 6. The number of carboxylic acid groups (broad SMARTS) is 1. The van der Waals surface area contributed by atoms with E-state index in [0.29, 0.717) is 5.57 Å². The number of carbonyl (C=O) groups excluding carboxylic acids is 3. The van der Waals surface area contributed by atoms with Crippen molar-refractivity contribution in [2.45, 2.75) is 11.4 Å². The number of nitrogen functional groups attached to an aromatic ring is 1. The van der Waals surface area contributed by atoms with Crippen molar-refractivity contribution in [2.75, 3.05) is 11.5 Å². The molecule has 0 aliphatic carbocycles. The van der Waals surface area contributed by atoms with E-state index in [1.165, 1.54) is 28.5 Å². The van der Waals surface area contributed by atoms with Crippen LogP contribution in [-0.2, 0) is 14.4 Å². The van der Waals surface area contributed by atoms with Crippen molar-refractivity contribution >= 4 is 74.0 Å². The molecular formula is C19H14N7NaO5S3. The Kier molecular flexibility index (Phi) is 7.35. The molecule has 0 radical (unpaired) electrons. The topological polar surface area (TPSA) is 178 Å². The molecule has 5 heterocycles. The van der Waals surface area contributed by atoms with Gasteiger partial charge in [0.2, 0.25) is 0 Å². The number of nitrogens with zero attached hydrogens (tertiary/aromatic N) is 5. The molecule has 0 spiro atoms. The summed E-state index contributed by atoms with van der Waals surface area (Å²) in [6, 6.07) is -1.01. The number of aliphatic carboxylic acids is 1. The fourth-order valence-corrected chi connectivity index (χ4v) is 6.31. The van der Waals surface area contributed by atoms with E-state index in [4.69, 9.17) is 5.73 Å². The SMILES string of the molecule is Nc1nc(/C(=N/O)C(=O)N[C@@H]2C(=O)N3C(C(=O)[O-])=C(/C=C/c4csc5cncn45)CS[C@H]23)cs1.[Na+]. The van der Waals surface area contributed by atoms with Gasteiger partial charge in [0.25, 0.3) is 11.8 Å². The number of nitrogens with one attached hydrogen (secondary N) is 1. The summed E-state index contributed by atoms with van der Waals surface area (Å²) in [5.41, 5.74) is 6.20. The van der Waals surface area contributed by atoms with Crippen LogP contribution in [0.25, 0.3) is 10.9 Å². The maximum absolute atomic E-state index is 12.8. The van der Waals surface area contributed by atoms with E-state index in [9.17, 15) is 24.7 Å². The molecule has 0 unspecified atom stereocenters. The molecule has 12 nitrogen and oxygen atoms in total. The number of thiazole rings is 2. The Bertz CT molecular complexity index is 1420. The van der Waals surface area contributed by atoms with E-state index in [2.05, 4.69) is 20.4 Å². The van der Waals surface area contributed by atoms with Gasteiger partial charge in [-0.05, 0) is 11.6 Å². The second-order valence-electron chi connectivity index (χ2n) is 7.14. The maximum Gasteiger partial charge on any atom is 1.00 e. The van der Waals surface area contributed by atoms with Gasteiger partial charge in [0.1, 0.15) is 28.3 Å². The first-order valence-electron chi connectivity index (χ1n) is 9.60. The number of hydrogen-bond donors (Lipinski definition) is 3. The predicted octanol–water partition coefficient (Wildman–Crippen LogP) is -3.27. The number of imidazole rings is 1. The van der Waals surface area contributed by atoms with Crippen molar-refractivity contribution < 1.29 is 54.3 Å². The largest absolute Gasteiger partial charge is 1.00 e. The molecule has 3 aromatic heterocycles. The summed E-state index contributed by atoms with van der Waals surface area (Å²) >= 11 is 3.85. The summed E-state index contributed by atoms with van der Waals surface area (Å²) in [5.74, 6) is -2.66. The predicted molar refractivity (Wildman–Crippen MR) is 124 cm³/mol. The van der Waals surface area contributed by atoms with Gasteiger partial charge in [0, 0.05) is 16.5 Å². The van der Waals surface area contributed by atoms with Crippen molar-refractivity contribution in [3.8, 4) is 0 Å². The van der Waals surface area contributed by atoms with Gasteiger partial charge in [0.05, 0.1) is 23.6 Å². The standard InChI is InChI=1S/C19H15N7O5S3.Na/c20-19-22-10(6-34-19)12(24-31)15(27)23-13-16(28)26-14(18(29)30)8(4-33-17(13)26)1-2-9-5-32-11-3-21-7-25(9)11;/h1-3,5-7,13,17,31H,4H2,(H2,20,22)(H,23,27)(H,29,30);/q;+1/p-1/b2-1+,24-12-;/t13-,17-;/m1./s1. The molecule has 0 bridgehead atoms. The number of fused-ring (bicyclic) bond motifs is 2. The van der Waals surface area contributed by atoms with Crippen molar-refractivity contribution in [1.82, 2.24) is 24.6 Å². The Morgan fingerprint density at radius 3 is 2.80 bits per heavy atom. The molecule has 35 heavy (non-hydrogen) atoms. The van der Waals surface area contributed by atoms with E-state index in [1.807, 2.05) is 9.78 Å². The average Bonchev–Trinajstić information content (AvgIpc) is 3.54. The maximum atomic E-state index is 12.8. The Balaban J connectivity index is 0.00000289. The van der Waals surface area contributed by atoms with Gasteiger partial charge in [-0.2, -0.15) is 0 Å². The van der Waals surface area contributed by atoms with Crippen LogP contribution in [-0.4, -0.2) is 65.1 Å². The zero-order valence-electron chi connectivity index (χ0n) is 17.9. The van der Waals surface area contributed by atoms with Gasteiger partial charge in [-0.1, -0.05) is 11.2 Å². The Labute approximate surface area is 231 Å². The molecule has 1 saturated heterocycles. The van der Waals surface area contributed by atoms with E-state index >= 15 is 0 Å². The quantitative estimate of drug-likeness (QED) is 0.0953. The molecule has 2 aliphatic heterocycles. The molecule has 174 valence electrons. The smallest absolute Gasteiger partial charge is 0.543 e. The normalized spacial score (nSPS) is 20.1. The number of anilines is 1. The van der Waals surface area contributed by atoms with Crippen LogP contribution in [0.3, 0.4) is 0 Å². The van der Waals surface area contributed by atoms with Crippen LogP contribution in [0.5, 0.6) is 0 Å². The Hall–Kier alpha value is -2.69. The van der Waals surface area contributed by atoms with E-state index < -0.39 is 34.9 Å². The van der Waals surface area contributed by atoms with E-state index in [0.717, 1.165) is 26.8 Å². The van der Waals surface area contributed by atoms with Gasteiger partial charge in [-0.25, -0.2) is 9.97 Å². The van der Waals surface area contributed by atoms with Crippen LogP contribution in [0.4, 0.5) is 5.13 Å². The number of allylic oxidation sites excluding steroid dienone is 1. The summed E-state index contributed by atoms with van der Waals surface area (Å²) < 4.78 is 1.86. The van der Waals surface area contributed by atoms with Crippen LogP contribution in [0.1, 0.15) is 11.4 Å². The summed E-state index contributed by atoms with van der Waals surface area (Å²) in [7, 11) is 0. The molecule has 0 saturated carbocycles. The summed E-state index contributed by atoms with van der Waals surface area (Å²) in [6.07, 6.45) is 6.76. The van der Waals surface area contributed by atoms with Gasteiger partial charge in [0.15, 0.2) is 10.8 Å². The number of thioether (sulfide) groups is 1. The molecule has 16 heteroatoms. The zero-order valence-corrected chi connectivity index (χ0v) is 22.4. The van der Waals surface area contributed by atoms with Gasteiger partial charge < -0.3 is 26.2 Å². The Morgan fingerprint density at radius 1 is 1.31 bits per heavy atom. The minimum absolute atomic E-state index is 0. The second-order valence-corrected chi connectivity index (χ2v) is 10.0. The van der Waals surface area contributed by atoms with E-state index in [1.54, 1.807) is 24.7 Å². The second kappa shape index (κ2) is 10.1. The van der Waals surface area contributed by atoms with Gasteiger partial charge >= 0.3 is 29.6 Å². The van der Waals surface area contributed by atoms with Gasteiger partial charge in [-0.3, -0.25) is 18.9 Å². The van der Waals surface area contributed by atoms with Crippen LogP contribution < -0.4 is 45.7 Å². The third-order valence-corrected chi connectivity index (χ3v) is 8.07. The van der Waals surface area contributed by atoms with Crippen LogP contribution in [0, 0.1) is 0 Å². The number of aromatic nitrogens is 3. The molecule has 4 N–H and O–H groups in total. The molecule has 3 aromatic rings. The van der Waals surface area contributed by atoms with Crippen LogP contribution in [0.2, 0.25) is 0 Å². The fraction of sp³-hybridized carbons (Fsp3) is 0.158. The summed E-state index contributed by atoms with van der Waals surface area (Å²) in [6.45, 7) is 0. The third kappa shape index (κ3) is 4.50. The molecule has 2 aliphatic rings.